The van der Waals surface area contributed by atoms with E-state index in [1.807, 2.05) is 0 Å². The van der Waals surface area contributed by atoms with Crippen molar-refractivity contribution >= 4 is 11.9 Å². The summed E-state index contributed by atoms with van der Waals surface area (Å²) in [5, 5.41) is 50.8. The zero-order chi connectivity index (χ0) is 17.1. The first kappa shape index (κ1) is 18.7. The molecule has 0 spiro atoms. The van der Waals surface area contributed by atoms with Crippen LogP contribution in [0.2, 0.25) is 0 Å². The molecule has 1 fully saturated rings. The van der Waals surface area contributed by atoms with Gasteiger partial charge in [0.2, 0.25) is 5.91 Å². The van der Waals surface area contributed by atoms with E-state index in [1.165, 1.54) is 0 Å². The predicted molar refractivity (Wildman–Crippen MR) is 69.2 cm³/mol. The van der Waals surface area contributed by atoms with Gasteiger partial charge in [-0.25, -0.2) is 4.79 Å². The smallest absolute Gasteiger partial charge is 0.366 e. The highest BCUT2D eigenvalue weighted by molar-refractivity contribution is 5.78. The van der Waals surface area contributed by atoms with Crippen molar-refractivity contribution in [1.82, 2.24) is 5.32 Å². The van der Waals surface area contributed by atoms with Crippen molar-refractivity contribution in [3.05, 3.63) is 0 Å². The number of carbonyl (C=O) groups excluding carboxylic acids is 2. The first-order valence-corrected chi connectivity index (χ1v) is 6.57. The van der Waals surface area contributed by atoms with Gasteiger partial charge >= 0.3 is 5.97 Å². The van der Waals surface area contributed by atoms with Crippen LogP contribution in [0.15, 0.2) is 0 Å². The zero-order valence-corrected chi connectivity index (χ0v) is 12.2. The molecule has 1 rings (SSSR count). The van der Waals surface area contributed by atoms with Gasteiger partial charge in [-0.15, -0.1) is 0 Å². The van der Waals surface area contributed by atoms with Crippen molar-refractivity contribution in [3.63, 3.8) is 0 Å². The lowest BCUT2D eigenvalue weighted by atomic mass is 9.88. The summed E-state index contributed by atoms with van der Waals surface area (Å²) in [6.45, 7) is 0.320. The normalized spacial score (nSPS) is 34.6. The van der Waals surface area contributed by atoms with Gasteiger partial charge in [0.05, 0.1) is 25.9 Å². The Bertz CT molecular complexity index is 417. The van der Waals surface area contributed by atoms with Crippen LogP contribution in [0.3, 0.4) is 0 Å². The second-order valence-corrected chi connectivity index (χ2v) is 5.10. The number of carbonyl (C=O) groups is 2. The lowest BCUT2D eigenvalue weighted by Crippen LogP contribution is -2.67. The fraction of sp³-hybridized carbons (Fsp3) is 0.833. The van der Waals surface area contributed by atoms with Gasteiger partial charge < -0.3 is 40.3 Å². The molecular formula is C12H21NO9. The average Bonchev–Trinajstić information content (AvgIpc) is 2.46. The number of rotatable bonds is 5. The number of aliphatic hydroxyl groups excluding tert-OH is 4. The monoisotopic (exact) mass is 323 g/mol. The van der Waals surface area contributed by atoms with E-state index in [4.69, 9.17) is 9.84 Å². The molecule has 0 radical (unpaired) electrons. The SMILES string of the molecule is COC(=O)[C@]1(O)CC(O)[C@@H](NC(C)=O)C([C@@H](O)[C@@H](O)CO)O1. The van der Waals surface area contributed by atoms with Gasteiger partial charge in [0.25, 0.3) is 5.79 Å². The molecule has 128 valence electrons. The van der Waals surface area contributed by atoms with E-state index >= 15 is 0 Å². The van der Waals surface area contributed by atoms with Crippen molar-refractivity contribution in [3.8, 4) is 0 Å². The summed E-state index contributed by atoms with van der Waals surface area (Å²) in [6.07, 6.45) is -7.09. The molecule has 1 saturated heterocycles. The Kier molecular flexibility index (Phi) is 6.23. The maximum Gasteiger partial charge on any atom is 0.366 e. The summed E-state index contributed by atoms with van der Waals surface area (Å²) in [4.78, 5) is 22.8. The number of aliphatic hydroxyl groups is 5. The lowest BCUT2D eigenvalue weighted by molar-refractivity contribution is -0.296. The molecular weight excluding hydrogens is 302 g/mol. The molecule has 0 saturated carbocycles. The van der Waals surface area contributed by atoms with Crippen LogP contribution in [0, 0.1) is 0 Å². The highest BCUT2D eigenvalue weighted by atomic mass is 16.7. The molecule has 1 amide bonds. The minimum atomic E-state index is -2.55. The Morgan fingerprint density at radius 1 is 1.45 bits per heavy atom. The fourth-order valence-corrected chi connectivity index (χ4v) is 2.29. The summed E-state index contributed by atoms with van der Waals surface area (Å²) in [7, 11) is 0.990. The van der Waals surface area contributed by atoms with Gasteiger partial charge in [-0.1, -0.05) is 0 Å². The number of nitrogens with one attached hydrogen (secondary N) is 1. The largest absolute Gasteiger partial charge is 0.465 e. The standard InChI is InChI=1S/C12H21NO9/c1-5(15)13-8-6(16)3-12(20,11(19)21-2)22-10(8)9(18)7(17)4-14/h6-10,14,16-18,20H,3-4H2,1-2H3,(H,13,15)/t6?,7-,8+,9-,10?,12-/m0/s1. The summed E-state index contributed by atoms with van der Waals surface area (Å²) in [5.74, 6) is -4.32. The van der Waals surface area contributed by atoms with E-state index in [-0.39, 0.29) is 0 Å². The third-order valence-corrected chi connectivity index (χ3v) is 3.38. The molecule has 0 aromatic rings. The first-order valence-electron chi connectivity index (χ1n) is 6.57. The van der Waals surface area contributed by atoms with Crippen LogP contribution in [-0.2, 0) is 19.1 Å². The predicted octanol–water partition coefficient (Wildman–Crippen LogP) is -3.78. The van der Waals surface area contributed by atoms with Crippen LogP contribution >= 0.6 is 0 Å². The van der Waals surface area contributed by atoms with Gasteiger partial charge in [-0.3, -0.25) is 4.79 Å². The van der Waals surface area contributed by atoms with Crippen LogP contribution in [0.5, 0.6) is 0 Å². The van der Waals surface area contributed by atoms with Crippen LogP contribution < -0.4 is 5.32 Å². The summed E-state index contributed by atoms with van der Waals surface area (Å²) < 4.78 is 9.45. The van der Waals surface area contributed by atoms with Crippen LogP contribution in [0.4, 0.5) is 0 Å². The maximum absolute atomic E-state index is 11.6. The summed E-state index contributed by atoms with van der Waals surface area (Å²) >= 11 is 0. The van der Waals surface area contributed by atoms with Crippen LogP contribution in [0.25, 0.3) is 0 Å². The van der Waals surface area contributed by atoms with Crippen LogP contribution in [-0.4, -0.2) is 87.4 Å². The molecule has 1 aliphatic heterocycles. The fourth-order valence-electron chi connectivity index (χ4n) is 2.29. The van der Waals surface area contributed by atoms with E-state index in [2.05, 4.69) is 10.1 Å². The molecule has 0 aliphatic carbocycles. The Hall–Kier alpha value is -1.30. The molecule has 22 heavy (non-hydrogen) atoms. The number of methoxy groups -OCH3 is 1. The van der Waals surface area contributed by atoms with Crippen molar-refractivity contribution in [2.75, 3.05) is 13.7 Å². The van der Waals surface area contributed by atoms with E-state index in [0.717, 1.165) is 14.0 Å². The number of ether oxygens (including phenoxy) is 2. The Morgan fingerprint density at radius 3 is 2.50 bits per heavy atom. The lowest BCUT2D eigenvalue weighted by Gasteiger charge is -2.45. The number of amides is 1. The molecule has 2 unspecified atom stereocenters. The van der Waals surface area contributed by atoms with Crippen molar-refractivity contribution < 1.29 is 44.6 Å². The first-order chi connectivity index (χ1) is 10.2. The van der Waals surface area contributed by atoms with E-state index in [9.17, 15) is 30.0 Å². The van der Waals surface area contributed by atoms with E-state index in [1.54, 1.807) is 0 Å². The average molecular weight is 323 g/mol. The molecule has 0 bridgehead atoms. The van der Waals surface area contributed by atoms with Crippen LogP contribution in [0.1, 0.15) is 13.3 Å². The maximum atomic E-state index is 11.6. The van der Waals surface area contributed by atoms with Crippen molar-refractivity contribution in [1.29, 1.82) is 0 Å². The number of hydrogen-bond acceptors (Lipinski definition) is 9. The minimum absolute atomic E-state index is 0.563. The summed E-state index contributed by atoms with van der Waals surface area (Å²) in [6, 6.07) is -1.21. The van der Waals surface area contributed by atoms with Gasteiger partial charge in [0.15, 0.2) is 0 Å². The topological polar surface area (TPSA) is 166 Å². The molecule has 1 aliphatic rings. The van der Waals surface area contributed by atoms with Gasteiger partial charge in [-0.05, 0) is 0 Å². The number of esters is 1. The Balaban J connectivity index is 3.09. The molecule has 10 heteroatoms. The van der Waals surface area contributed by atoms with Crippen molar-refractivity contribution in [2.45, 2.75) is 49.6 Å². The molecule has 10 nitrogen and oxygen atoms in total. The second kappa shape index (κ2) is 7.31. The third kappa shape index (κ3) is 3.91. The number of hydrogen-bond donors (Lipinski definition) is 6. The quantitative estimate of drug-likeness (QED) is 0.278. The van der Waals surface area contributed by atoms with Crippen molar-refractivity contribution in [2.24, 2.45) is 0 Å². The Morgan fingerprint density at radius 2 is 2.05 bits per heavy atom. The van der Waals surface area contributed by atoms with E-state index in [0.29, 0.717) is 0 Å². The highest BCUT2D eigenvalue weighted by Gasteiger charge is 2.54. The summed E-state index contributed by atoms with van der Waals surface area (Å²) in [5.41, 5.74) is 0. The minimum Gasteiger partial charge on any atom is -0.465 e. The second-order valence-electron chi connectivity index (χ2n) is 5.10. The third-order valence-electron chi connectivity index (χ3n) is 3.38. The van der Waals surface area contributed by atoms with E-state index < -0.39 is 61.1 Å². The molecule has 0 aromatic carbocycles. The highest BCUT2D eigenvalue weighted by Crippen LogP contribution is 2.31. The molecule has 6 atom stereocenters. The van der Waals surface area contributed by atoms with Gasteiger partial charge in [0.1, 0.15) is 18.3 Å². The van der Waals surface area contributed by atoms with Gasteiger partial charge in [0, 0.05) is 13.3 Å². The molecule has 6 N–H and O–H groups in total. The Labute approximate surface area is 126 Å². The zero-order valence-electron chi connectivity index (χ0n) is 12.2. The molecule has 1 heterocycles. The van der Waals surface area contributed by atoms with Gasteiger partial charge in [-0.2, -0.15) is 0 Å². The molecule has 0 aromatic heterocycles.